The van der Waals surface area contributed by atoms with E-state index in [2.05, 4.69) is 15.7 Å². The molecule has 108 valence electrons. The Balaban J connectivity index is 1.78. The lowest BCUT2D eigenvalue weighted by Crippen LogP contribution is -2.40. The average molecular weight is 278 g/mol. The van der Waals surface area contributed by atoms with E-state index in [0.29, 0.717) is 13.0 Å². The SMILES string of the molecule is Cc1nn(C)cc1CNC(=O)NC1C=CC(C(=O)O)C1. The molecule has 7 heteroatoms. The largest absolute Gasteiger partial charge is 0.481 e. The Hall–Kier alpha value is -2.31. The highest BCUT2D eigenvalue weighted by Crippen LogP contribution is 2.17. The van der Waals surface area contributed by atoms with Crippen molar-refractivity contribution in [1.82, 2.24) is 20.4 Å². The lowest BCUT2D eigenvalue weighted by atomic mass is 10.1. The molecule has 0 bridgehead atoms. The molecule has 1 aromatic rings. The van der Waals surface area contributed by atoms with Crippen molar-refractivity contribution in [2.24, 2.45) is 13.0 Å². The van der Waals surface area contributed by atoms with Crippen molar-refractivity contribution in [1.29, 1.82) is 0 Å². The summed E-state index contributed by atoms with van der Waals surface area (Å²) in [6.07, 6.45) is 5.58. The Bertz CT molecular complexity index is 550. The van der Waals surface area contributed by atoms with Gasteiger partial charge in [0.15, 0.2) is 0 Å². The normalized spacial score (nSPS) is 20.9. The summed E-state index contributed by atoms with van der Waals surface area (Å²) >= 11 is 0. The van der Waals surface area contributed by atoms with Crippen molar-refractivity contribution < 1.29 is 14.7 Å². The molecule has 2 atom stereocenters. The van der Waals surface area contributed by atoms with Gasteiger partial charge in [-0.25, -0.2) is 4.79 Å². The zero-order chi connectivity index (χ0) is 14.7. The lowest BCUT2D eigenvalue weighted by Gasteiger charge is -2.12. The molecular weight excluding hydrogens is 260 g/mol. The maximum atomic E-state index is 11.7. The van der Waals surface area contributed by atoms with Gasteiger partial charge in [-0.2, -0.15) is 5.10 Å². The third-order valence-electron chi connectivity index (χ3n) is 3.27. The monoisotopic (exact) mass is 278 g/mol. The number of aromatic nitrogens is 2. The van der Waals surface area contributed by atoms with Gasteiger partial charge in [-0.05, 0) is 13.3 Å². The number of carboxylic acids is 1. The Kier molecular flexibility index (Phi) is 4.07. The minimum atomic E-state index is -0.864. The molecule has 3 N–H and O–H groups in total. The highest BCUT2D eigenvalue weighted by atomic mass is 16.4. The molecule has 0 saturated heterocycles. The quantitative estimate of drug-likeness (QED) is 0.701. The number of nitrogens with zero attached hydrogens (tertiary/aromatic N) is 2. The Morgan fingerprint density at radius 1 is 1.50 bits per heavy atom. The summed E-state index contributed by atoms with van der Waals surface area (Å²) in [5.74, 6) is -1.38. The minimum absolute atomic E-state index is 0.230. The summed E-state index contributed by atoms with van der Waals surface area (Å²) in [6.45, 7) is 2.27. The minimum Gasteiger partial charge on any atom is -0.481 e. The lowest BCUT2D eigenvalue weighted by molar-refractivity contribution is -0.140. The van der Waals surface area contributed by atoms with Crippen LogP contribution in [0, 0.1) is 12.8 Å². The van der Waals surface area contributed by atoms with Gasteiger partial charge in [0.05, 0.1) is 17.7 Å². The number of hydrogen-bond acceptors (Lipinski definition) is 3. The summed E-state index contributed by atoms with van der Waals surface area (Å²) in [5.41, 5.74) is 1.83. The number of aliphatic carboxylic acids is 1. The van der Waals surface area contributed by atoms with E-state index in [0.717, 1.165) is 11.3 Å². The molecule has 0 saturated carbocycles. The maximum absolute atomic E-state index is 11.7. The molecule has 7 nitrogen and oxygen atoms in total. The second kappa shape index (κ2) is 5.77. The second-order valence-electron chi connectivity index (χ2n) is 4.91. The van der Waals surface area contributed by atoms with Crippen LogP contribution in [0.1, 0.15) is 17.7 Å². The first-order valence-electron chi connectivity index (χ1n) is 6.40. The van der Waals surface area contributed by atoms with E-state index in [-0.39, 0.29) is 12.1 Å². The summed E-state index contributed by atoms with van der Waals surface area (Å²) < 4.78 is 1.70. The fourth-order valence-electron chi connectivity index (χ4n) is 2.21. The molecule has 1 aromatic heterocycles. The van der Waals surface area contributed by atoms with Crippen LogP contribution >= 0.6 is 0 Å². The van der Waals surface area contributed by atoms with Gasteiger partial charge in [0, 0.05) is 25.4 Å². The molecule has 1 aliphatic rings. The van der Waals surface area contributed by atoms with Crippen molar-refractivity contribution in [3.05, 3.63) is 29.6 Å². The van der Waals surface area contributed by atoms with E-state index in [1.54, 1.807) is 16.8 Å². The molecular formula is C13H18N4O3. The van der Waals surface area contributed by atoms with Crippen molar-refractivity contribution in [3.8, 4) is 0 Å². The molecule has 2 amide bonds. The average Bonchev–Trinajstić information content (AvgIpc) is 2.94. The topological polar surface area (TPSA) is 96.3 Å². The molecule has 20 heavy (non-hydrogen) atoms. The third-order valence-corrected chi connectivity index (χ3v) is 3.27. The number of rotatable bonds is 4. The van der Waals surface area contributed by atoms with Crippen LogP contribution in [0.25, 0.3) is 0 Å². The number of carbonyl (C=O) groups is 2. The van der Waals surface area contributed by atoms with E-state index >= 15 is 0 Å². The predicted molar refractivity (Wildman–Crippen MR) is 72.0 cm³/mol. The van der Waals surface area contributed by atoms with Crippen molar-refractivity contribution in [2.75, 3.05) is 0 Å². The predicted octanol–water partition coefficient (Wildman–Crippen LogP) is 0.557. The number of carboxylic acid groups (broad SMARTS) is 1. The van der Waals surface area contributed by atoms with Gasteiger partial charge in [-0.3, -0.25) is 9.48 Å². The fourth-order valence-corrected chi connectivity index (χ4v) is 2.21. The van der Waals surface area contributed by atoms with Crippen LogP contribution in [-0.4, -0.2) is 32.9 Å². The molecule has 0 spiro atoms. The first-order valence-corrected chi connectivity index (χ1v) is 6.40. The molecule has 1 heterocycles. The van der Waals surface area contributed by atoms with Crippen LogP contribution in [0.5, 0.6) is 0 Å². The van der Waals surface area contributed by atoms with Gasteiger partial charge in [0.2, 0.25) is 0 Å². The van der Waals surface area contributed by atoms with Crippen molar-refractivity contribution >= 4 is 12.0 Å². The van der Waals surface area contributed by atoms with E-state index in [1.165, 1.54) is 0 Å². The Labute approximate surface area is 116 Å². The number of carbonyl (C=O) groups excluding carboxylic acids is 1. The van der Waals surface area contributed by atoms with E-state index in [9.17, 15) is 9.59 Å². The van der Waals surface area contributed by atoms with Crippen LogP contribution in [-0.2, 0) is 18.4 Å². The highest BCUT2D eigenvalue weighted by molar-refractivity contribution is 5.76. The first-order chi connectivity index (χ1) is 9.45. The molecule has 0 aliphatic heterocycles. The van der Waals surface area contributed by atoms with Gasteiger partial charge in [-0.1, -0.05) is 12.2 Å². The van der Waals surface area contributed by atoms with Crippen LogP contribution < -0.4 is 10.6 Å². The van der Waals surface area contributed by atoms with E-state index < -0.39 is 11.9 Å². The van der Waals surface area contributed by atoms with Gasteiger partial charge < -0.3 is 15.7 Å². The Morgan fingerprint density at radius 2 is 2.25 bits per heavy atom. The Morgan fingerprint density at radius 3 is 2.80 bits per heavy atom. The molecule has 1 aliphatic carbocycles. The molecule has 0 aromatic carbocycles. The number of nitrogens with one attached hydrogen (secondary N) is 2. The number of aryl methyl sites for hydroxylation is 2. The second-order valence-corrected chi connectivity index (χ2v) is 4.91. The summed E-state index contributed by atoms with van der Waals surface area (Å²) in [5, 5.41) is 18.5. The number of urea groups is 1. The van der Waals surface area contributed by atoms with Crippen molar-refractivity contribution in [3.63, 3.8) is 0 Å². The summed E-state index contributed by atoms with van der Waals surface area (Å²) in [6, 6.07) is -0.542. The van der Waals surface area contributed by atoms with Gasteiger partial charge in [0.25, 0.3) is 0 Å². The van der Waals surface area contributed by atoms with Gasteiger partial charge in [0.1, 0.15) is 0 Å². The summed E-state index contributed by atoms with van der Waals surface area (Å²) in [7, 11) is 1.83. The number of hydrogen-bond donors (Lipinski definition) is 3. The van der Waals surface area contributed by atoms with E-state index in [4.69, 9.17) is 5.11 Å². The zero-order valence-electron chi connectivity index (χ0n) is 11.5. The molecule has 0 fully saturated rings. The standard InChI is InChI=1S/C13H18N4O3/c1-8-10(7-17(2)16-8)6-14-13(20)15-11-4-3-9(5-11)12(18)19/h3-4,7,9,11H,5-6H2,1-2H3,(H,18,19)(H2,14,15,20). The van der Waals surface area contributed by atoms with Crippen LogP contribution in [0.4, 0.5) is 4.79 Å². The molecule has 2 rings (SSSR count). The van der Waals surface area contributed by atoms with E-state index in [1.807, 2.05) is 20.2 Å². The van der Waals surface area contributed by atoms with Gasteiger partial charge in [-0.15, -0.1) is 0 Å². The van der Waals surface area contributed by atoms with Crippen LogP contribution in [0.2, 0.25) is 0 Å². The number of amides is 2. The molecule has 2 unspecified atom stereocenters. The zero-order valence-corrected chi connectivity index (χ0v) is 11.5. The smallest absolute Gasteiger partial charge is 0.315 e. The van der Waals surface area contributed by atoms with Crippen LogP contribution in [0.3, 0.4) is 0 Å². The third kappa shape index (κ3) is 3.37. The molecule has 0 radical (unpaired) electrons. The van der Waals surface area contributed by atoms with Crippen molar-refractivity contribution in [2.45, 2.75) is 25.9 Å². The summed E-state index contributed by atoms with van der Waals surface area (Å²) in [4.78, 5) is 22.5. The first kappa shape index (κ1) is 14.1. The van der Waals surface area contributed by atoms with Crippen LogP contribution in [0.15, 0.2) is 18.3 Å². The van der Waals surface area contributed by atoms with Gasteiger partial charge >= 0.3 is 12.0 Å². The highest BCUT2D eigenvalue weighted by Gasteiger charge is 2.25. The maximum Gasteiger partial charge on any atom is 0.315 e. The fraction of sp³-hybridized carbons (Fsp3) is 0.462.